The van der Waals surface area contributed by atoms with Crippen molar-refractivity contribution >= 4 is 33.3 Å². The molecule has 0 aliphatic carbocycles. The third-order valence-electron chi connectivity index (χ3n) is 3.37. The highest BCUT2D eigenvalue weighted by atomic mass is 127. The van der Waals surface area contributed by atoms with Crippen LogP contribution in [0.25, 0.3) is 0 Å². The molecule has 0 aliphatic rings. The lowest BCUT2D eigenvalue weighted by Crippen LogP contribution is -2.13. The molecule has 0 heterocycles. The van der Waals surface area contributed by atoms with Crippen molar-refractivity contribution < 1.29 is 9.53 Å². The number of rotatable bonds is 12. The van der Waals surface area contributed by atoms with Crippen LogP contribution in [0.15, 0.2) is 12.7 Å². The Morgan fingerprint density at radius 1 is 1.15 bits per heavy atom. The van der Waals surface area contributed by atoms with Gasteiger partial charge in [-0.05, 0) is 25.8 Å². The lowest BCUT2D eigenvalue weighted by molar-refractivity contribution is -0.142. The zero-order valence-electron chi connectivity index (χ0n) is 13.4. The quantitative estimate of drug-likeness (QED) is 0.101. The van der Waals surface area contributed by atoms with Gasteiger partial charge in [0.15, 0.2) is 0 Å². The van der Waals surface area contributed by atoms with Crippen LogP contribution in [-0.4, -0.2) is 17.6 Å². The van der Waals surface area contributed by atoms with E-state index >= 15 is 0 Å². The van der Waals surface area contributed by atoms with Crippen molar-refractivity contribution in [2.24, 2.45) is 0 Å². The van der Waals surface area contributed by atoms with Crippen LogP contribution in [0.4, 0.5) is 0 Å². The van der Waals surface area contributed by atoms with Crippen LogP contribution < -0.4 is 0 Å². The number of ether oxygens (including phenoxy) is 1. The molecule has 1 unspecified atom stereocenters. The van der Waals surface area contributed by atoms with Crippen molar-refractivity contribution in [2.45, 2.75) is 83.5 Å². The highest BCUT2D eigenvalue weighted by Gasteiger charge is 2.14. The molecule has 4 heteroatoms. The van der Waals surface area contributed by atoms with Gasteiger partial charge in [0, 0.05) is 6.08 Å². The normalized spacial score (nSPS) is 13.0. The molecule has 0 saturated heterocycles. The minimum absolute atomic E-state index is 0.0244. The van der Waals surface area contributed by atoms with Gasteiger partial charge in [0.25, 0.3) is 0 Å². The number of hydrogen-bond acceptors (Lipinski definition) is 2. The summed E-state index contributed by atoms with van der Waals surface area (Å²) < 4.78 is 5.14. The van der Waals surface area contributed by atoms with Crippen molar-refractivity contribution in [2.75, 3.05) is 0 Å². The van der Waals surface area contributed by atoms with Crippen LogP contribution in [0.1, 0.15) is 58.3 Å². The summed E-state index contributed by atoms with van der Waals surface area (Å²) >= 11 is 2.67. The van der Waals surface area contributed by atoms with Crippen LogP contribution in [0, 0.1) is 0 Å². The van der Waals surface area contributed by atoms with Crippen molar-refractivity contribution in [3.63, 3.8) is 0 Å². The van der Waals surface area contributed by atoms with Crippen LogP contribution in [0.5, 0.6) is 0 Å². The molecule has 0 radical (unpaired) electrons. The van der Waals surface area contributed by atoms with E-state index in [0.717, 1.165) is 12.8 Å². The molecule has 1 atom stereocenters. The fourth-order valence-corrected chi connectivity index (χ4v) is 4.40. The van der Waals surface area contributed by atoms with Crippen molar-refractivity contribution in [3.05, 3.63) is 12.7 Å². The van der Waals surface area contributed by atoms with Gasteiger partial charge < -0.3 is 4.74 Å². The molecule has 0 bridgehead atoms. The molecule has 0 spiro atoms. The first-order chi connectivity index (χ1) is 9.35. The highest BCUT2D eigenvalue weighted by Crippen LogP contribution is 2.21. The predicted octanol–water partition coefficient (Wildman–Crippen LogP) is 5.87. The van der Waals surface area contributed by atoms with Crippen LogP contribution >= 0.6 is 21.8 Å². The van der Waals surface area contributed by atoms with E-state index in [2.05, 4.69) is 41.5 Å². The Hall–Kier alpha value is 0.157. The number of unbranched alkanes of at least 4 members (excludes halogenated alkanes) is 6. The van der Waals surface area contributed by atoms with Crippen LogP contribution in [-0.2, 0) is 9.53 Å². The summed E-state index contributed by atoms with van der Waals surface area (Å²) in [6, 6.07) is 1.46. The second kappa shape index (κ2) is 11.8. The molecular formula is C16H31IO2Si. The van der Waals surface area contributed by atoms with Gasteiger partial charge in [-0.1, -0.05) is 58.2 Å². The smallest absolute Gasteiger partial charge is 0.330 e. The molecule has 0 fully saturated rings. The standard InChI is InChI=1S/C16H31IO2Si/c1-5-16(18)19-15(2)13-11-9-7-6-8-10-12-14-20(3,4)17/h5,15H,1,6-14H2,2-4H3. The first-order valence-electron chi connectivity index (χ1n) is 7.87. The summed E-state index contributed by atoms with van der Waals surface area (Å²) in [5.41, 5.74) is -0.846. The summed E-state index contributed by atoms with van der Waals surface area (Å²) in [6.45, 7) is 10.2. The van der Waals surface area contributed by atoms with Crippen molar-refractivity contribution in [3.8, 4) is 0 Å². The van der Waals surface area contributed by atoms with E-state index in [-0.39, 0.29) is 12.1 Å². The minimum Gasteiger partial charge on any atom is -0.460 e. The zero-order valence-corrected chi connectivity index (χ0v) is 16.6. The summed E-state index contributed by atoms with van der Waals surface area (Å²) in [4.78, 5) is 11.0. The highest BCUT2D eigenvalue weighted by molar-refractivity contribution is 14.1. The Bertz CT molecular complexity index is 274. The summed E-state index contributed by atoms with van der Waals surface area (Å²) in [5.74, 6) is -0.306. The van der Waals surface area contributed by atoms with E-state index in [0.29, 0.717) is 0 Å². The van der Waals surface area contributed by atoms with Gasteiger partial charge in [-0.15, -0.1) is 21.8 Å². The topological polar surface area (TPSA) is 26.3 Å². The molecule has 0 saturated carbocycles. The number of halogens is 1. The van der Waals surface area contributed by atoms with Crippen molar-refractivity contribution in [1.82, 2.24) is 0 Å². The maximum Gasteiger partial charge on any atom is 0.330 e. The average molecular weight is 410 g/mol. The van der Waals surface area contributed by atoms with Gasteiger partial charge in [-0.2, -0.15) is 0 Å². The molecule has 0 aromatic rings. The number of hydrogen-bond donors (Lipinski definition) is 0. The maximum atomic E-state index is 11.0. The third kappa shape index (κ3) is 14.6. The molecule has 0 rings (SSSR count). The maximum absolute atomic E-state index is 11.0. The number of carbonyl (C=O) groups excluding carboxylic acids is 1. The first kappa shape index (κ1) is 20.2. The largest absolute Gasteiger partial charge is 0.460 e. The van der Waals surface area contributed by atoms with E-state index in [1.54, 1.807) is 0 Å². The molecule has 0 amide bonds. The first-order valence-corrected chi connectivity index (χ1v) is 14.2. The molecule has 0 aromatic heterocycles. The second-order valence-electron chi connectivity index (χ2n) is 6.18. The van der Waals surface area contributed by atoms with Gasteiger partial charge in [-0.3, -0.25) is 0 Å². The van der Waals surface area contributed by atoms with E-state index < -0.39 is 5.57 Å². The van der Waals surface area contributed by atoms with Gasteiger partial charge >= 0.3 is 5.97 Å². The summed E-state index contributed by atoms with van der Waals surface area (Å²) in [7, 11) is 0. The monoisotopic (exact) mass is 410 g/mol. The zero-order chi connectivity index (χ0) is 15.4. The molecule has 2 nitrogen and oxygen atoms in total. The molecule has 0 aromatic carbocycles. The second-order valence-corrected chi connectivity index (χ2v) is 18.9. The Morgan fingerprint density at radius 2 is 1.65 bits per heavy atom. The number of esters is 1. The summed E-state index contributed by atoms with van der Waals surface area (Å²) in [5, 5.41) is 0. The van der Waals surface area contributed by atoms with E-state index in [1.807, 2.05) is 6.92 Å². The van der Waals surface area contributed by atoms with Gasteiger partial charge in [0.2, 0.25) is 0 Å². The molecule has 0 N–H and O–H groups in total. The Balaban J connectivity index is 3.28. The average Bonchev–Trinajstić information content (AvgIpc) is 2.35. The van der Waals surface area contributed by atoms with Gasteiger partial charge in [-0.25, -0.2) is 4.79 Å². The Kier molecular flexibility index (Phi) is 11.9. The van der Waals surface area contributed by atoms with E-state index in [4.69, 9.17) is 4.74 Å². The van der Waals surface area contributed by atoms with E-state index in [9.17, 15) is 4.79 Å². The Labute approximate surface area is 139 Å². The van der Waals surface area contributed by atoms with E-state index in [1.165, 1.54) is 50.6 Å². The van der Waals surface area contributed by atoms with Crippen molar-refractivity contribution in [1.29, 1.82) is 0 Å². The molecular weight excluding hydrogens is 379 g/mol. The third-order valence-corrected chi connectivity index (χ3v) is 6.53. The SMILES string of the molecule is C=CC(=O)OC(C)CCCCCCCCC[Si](C)(C)I. The van der Waals surface area contributed by atoms with Crippen LogP contribution in [0.2, 0.25) is 19.1 Å². The molecule has 0 aliphatic heterocycles. The number of carbonyl (C=O) groups is 1. The van der Waals surface area contributed by atoms with Crippen LogP contribution in [0.3, 0.4) is 0 Å². The van der Waals surface area contributed by atoms with Gasteiger partial charge in [0.1, 0.15) is 5.57 Å². The minimum atomic E-state index is -0.846. The fraction of sp³-hybridized carbons (Fsp3) is 0.812. The summed E-state index contributed by atoms with van der Waals surface area (Å²) in [6.07, 6.45) is 11.5. The Morgan fingerprint density at radius 3 is 2.15 bits per heavy atom. The predicted molar refractivity (Wildman–Crippen MR) is 99.0 cm³/mol. The lowest BCUT2D eigenvalue weighted by Gasteiger charge is -2.12. The fourth-order valence-electron chi connectivity index (χ4n) is 2.17. The lowest BCUT2D eigenvalue weighted by atomic mass is 10.1. The molecule has 20 heavy (non-hydrogen) atoms. The van der Waals surface area contributed by atoms with Gasteiger partial charge in [0.05, 0.1) is 6.10 Å². The molecule has 118 valence electrons.